The molecule has 0 aromatic carbocycles. The zero-order chi connectivity index (χ0) is 18.8. The van der Waals surface area contributed by atoms with Crippen LogP contribution in [0.5, 0.6) is 0 Å². The number of hydrogen-bond acceptors (Lipinski definition) is 5. The molecule has 138 valence electrons. The number of nitrogens with one attached hydrogen (secondary N) is 1. The highest BCUT2D eigenvalue weighted by Gasteiger charge is 2.34. The standard InChI is InChI=1S/C18H20N2O5S/c1-10-8-14(19-16(21)13-4-3-7-25-13)26-15(10)17(22)20-6-5-12(18(23)24)11(2)9-20/h3-4,7-8,11-12H,5-6,9H2,1-2H3,(H,19,21)(H,23,24). The fourth-order valence-corrected chi connectivity index (χ4v) is 4.21. The number of hydrogen-bond donors (Lipinski definition) is 2. The van der Waals surface area contributed by atoms with E-state index in [1.165, 1.54) is 17.6 Å². The van der Waals surface area contributed by atoms with Crippen LogP contribution in [0.15, 0.2) is 28.9 Å². The smallest absolute Gasteiger partial charge is 0.306 e. The summed E-state index contributed by atoms with van der Waals surface area (Å²) in [4.78, 5) is 38.4. The highest BCUT2D eigenvalue weighted by Crippen LogP contribution is 2.31. The molecule has 0 spiro atoms. The number of nitrogens with zero attached hydrogens (tertiary/aromatic N) is 1. The van der Waals surface area contributed by atoms with Crippen LogP contribution in [0.25, 0.3) is 0 Å². The average Bonchev–Trinajstić information content (AvgIpc) is 3.23. The van der Waals surface area contributed by atoms with Gasteiger partial charge in [-0.2, -0.15) is 0 Å². The van der Waals surface area contributed by atoms with E-state index in [2.05, 4.69) is 5.32 Å². The molecule has 2 atom stereocenters. The number of aryl methyl sites for hydroxylation is 1. The summed E-state index contributed by atoms with van der Waals surface area (Å²) >= 11 is 1.21. The van der Waals surface area contributed by atoms with Gasteiger partial charge in [-0.15, -0.1) is 11.3 Å². The Hall–Kier alpha value is -2.61. The van der Waals surface area contributed by atoms with Crippen molar-refractivity contribution in [1.29, 1.82) is 0 Å². The van der Waals surface area contributed by atoms with Crippen molar-refractivity contribution in [3.05, 3.63) is 40.7 Å². The second-order valence-corrected chi connectivity index (χ2v) is 7.57. The molecule has 2 aromatic rings. The number of carbonyl (C=O) groups excluding carboxylic acids is 2. The third-order valence-corrected chi connectivity index (χ3v) is 5.74. The van der Waals surface area contributed by atoms with E-state index in [4.69, 9.17) is 4.42 Å². The van der Waals surface area contributed by atoms with Crippen LogP contribution in [0.2, 0.25) is 0 Å². The normalized spacial score (nSPS) is 20.0. The summed E-state index contributed by atoms with van der Waals surface area (Å²) in [5.41, 5.74) is 0.780. The number of likely N-dealkylation sites (tertiary alicyclic amines) is 1. The molecular weight excluding hydrogens is 356 g/mol. The predicted molar refractivity (Wildman–Crippen MR) is 96.5 cm³/mol. The number of piperidine rings is 1. The van der Waals surface area contributed by atoms with E-state index in [9.17, 15) is 19.5 Å². The van der Waals surface area contributed by atoms with Gasteiger partial charge in [0.15, 0.2) is 5.76 Å². The molecule has 7 nitrogen and oxygen atoms in total. The first-order chi connectivity index (χ1) is 12.4. The van der Waals surface area contributed by atoms with E-state index < -0.39 is 11.9 Å². The van der Waals surface area contributed by atoms with Crippen molar-refractivity contribution in [1.82, 2.24) is 4.90 Å². The third kappa shape index (κ3) is 3.65. The molecule has 1 aliphatic heterocycles. The Balaban J connectivity index is 1.70. The Bertz CT molecular complexity index is 827. The summed E-state index contributed by atoms with van der Waals surface area (Å²) in [7, 11) is 0. The highest BCUT2D eigenvalue weighted by molar-refractivity contribution is 7.18. The van der Waals surface area contributed by atoms with E-state index in [0.717, 1.165) is 5.56 Å². The van der Waals surface area contributed by atoms with E-state index in [0.29, 0.717) is 29.4 Å². The van der Waals surface area contributed by atoms with E-state index in [1.807, 2.05) is 13.8 Å². The molecule has 1 aliphatic rings. The second-order valence-electron chi connectivity index (χ2n) is 6.52. The van der Waals surface area contributed by atoms with Gasteiger partial charge in [0.05, 0.1) is 22.1 Å². The number of furan rings is 1. The molecule has 3 rings (SSSR count). The lowest BCUT2D eigenvalue weighted by molar-refractivity contribution is -0.145. The molecule has 2 N–H and O–H groups in total. The van der Waals surface area contributed by atoms with E-state index in [1.54, 1.807) is 23.1 Å². The maximum atomic E-state index is 12.8. The number of anilines is 1. The summed E-state index contributed by atoms with van der Waals surface area (Å²) in [5, 5.41) is 12.5. The number of carboxylic acid groups (broad SMARTS) is 1. The molecule has 2 amide bonds. The first kappa shape index (κ1) is 18.2. The number of aliphatic carboxylic acids is 1. The minimum atomic E-state index is -0.806. The van der Waals surface area contributed by atoms with Crippen molar-refractivity contribution in [3.63, 3.8) is 0 Å². The van der Waals surface area contributed by atoms with Crippen LogP contribution < -0.4 is 5.32 Å². The van der Waals surface area contributed by atoms with Crippen LogP contribution in [0.3, 0.4) is 0 Å². The Morgan fingerprint density at radius 1 is 1.38 bits per heavy atom. The Labute approximate surface area is 154 Å². The number of amides is 2. The molecule has 8 heteroatoms. The van der Waals surface area contributed by atoms with Gasteiger partial charge in [-0.1, -0.05) is 6.92 Å². The lowest BCUT2D eigenvalue weighted by Gasteiger charge is -2.34. The molecule has 0 radical (unpaired) electrons. The SMILES string of the molecule is Cc1cc(NC(=O)c2ccco2)sc1C(=O)N1CCC(C(=O)O)C(C)C1. The van der Waals surface area contributed by atoms with Crippen molar-refractivity contribution >= 4 is 34.1 Å². The van der Waals surface area contributed by atoms with Crippen LogP contribution in [0, 0.1) is 18.8 Å². The fraction of sp³-hybridized carbons (Fsp3) is 0.389. The Kier molecular flexibility index (Phi) is 5.13. The van der Waals surface area contributed by atoms with Gasteiger partial charge in [-0.05, 0) is 43.0 Å². The van der Waals surface area contributed by atoms with Gasteiger partial charge in [0.2, 0.25) is 0 Å². The van der Waals surface area contributed by atoms with Gasteiger partial charge in [0.25, 0.3) is 11.8 Å². The summed E-state index contributed by atoms with van der Waals surface area (Å²) in [6, 6.07) is 4.95. The van der Waals surface area contributed by atoms with Crippen molar-refractivity contribution in [2.75, 3.05) is 18.4 Å². The van der Waals surface area contributed by atoms with Gasteiger partial charge in [-0.25, -0.2) is 0 Å². The number of carboxylic acids is 1. The number of carbonyl (C=O) groups is 3. The van der Waals surface area contributed by atoms with Gasteiger partial charge in [-0.3, -0.25) is 14.4 Å². The number of rotatable bonds is 4. The zero-order valence-electron chi connectivity index (χ0n) is 14.5. The fourth-order valence-electron chi connectivity index (χ4n) is 3.18. The van der Waals surface area contributed by atoms with Crippen LogP contribution in [0.1, 0.15) is 39.1 Å². The topological polar surface area (TPSA) is 99.9 Å². The molecule has 1 fully saturated rings. The maximum Gasteiger partial charge on any atom is 0.306 e. The minimum absolute atomic E-state index is 0.0939. The van der Waals surface area contributed by atoms with Crippen molar-refractivity contribution in [2.24, 2.45) is 11.8 Å². The van der Waals surface area contributed by atoms with Crippen molar-refractivity contribution < 1.29 is 23.9 Å². The molecular formula is C18H20N2O5S. The van der Waals surface area contributed by atoms with Crippen LogP contribution >= 0.6 is 11.3 Å². The van der Waals surface area contributed by atoms with Gasteiger partial charge in [0, 0.05) is 13.1 Å². The van der Waals surface area contributed by atoms with E-state index >= 15 is 0 Å². The molecule has 0 aliphatic carbocycles. The summed E-state index contributed by atoms with van der Waals surface area (Å²) in [6.45, 7) is 4.51. The quantitative estimate of drug-likeness (QED) is 0.854. The monoisotopic (exact) mass is 376 g/mol. The van der Waals surface area contributed by atoms with Crippen LogP contribution in [-0.2, 0) is 4.79 Å². The molecule has 0 saturated carbocycles. The average molecular weight is 376 g/mol. The molecule has 1 saturated heterocycles. The van der Waals surface area contributed by atoms with E-state index in [-0.39, 0.29) is 23.5 Å². The first-order valence-electron chi connectivity index (χ1n) is 8.34. The maximum absolute atomic E-state index is 12.8. The molecule has 3 heterocycles. The van der Waals surface area contributed by atoms with Gasteiger partial charge in [0.1, 0.15) is 0 Å². The molecule has 2 aromatic heterocycles. The largest absolute Gasteiger partial charge is 0.481 e. The molecule has 0 bridgehead atoms. The predicted octanol–water partition coefficient (Wildman–Crippen LogP) is 3.08. The third-order valence-electron chi connectivity index (χ3n) is 4.60. The summed E-state index contributed by atoms with van der Waals surface area (Å²) in [6.07, 6.45) is 1.88. The molecule has 2 unspecified atom stereocenters. The summed E-state index contributed by atoms with van der Waals surface area (Å²) < 4.78 is 5.06. The zero-order valence-corrected chi connectivity index (χ0v) is 15.3. The van der Waals surface area contributed by atoms with Gasteiger partial charge >= 0.3 is 5.97 Å². The minimum Gasteiger partial charge on any atom is -0.481 e. The van der Waals surface area contributed by atoms with Crippen LogP contribution in [-0.4, -0.2) is 40.9 Å². The first-order valence-corrected chi connectivity index (χ1v) is 9.16. The Morgan fingerprint density at radius 2 is 2.15 bits per heavy atom. The lowest BCUT2D eigenvalue weighted by atomic mass is 9.87. The number of thiophene rings is 1. The van der Waals surface area contributed by atoms with Crippen molar-refractivity contribution in [2.45, 2.75) is 20.3 Å². The lowest BCUT2D eigenvalue weighted by Crippen LogP contribution is -2.44. The molecule has 26 heavy (non-hydrogen) atoms. The Morgan fingerprint density at radius 3 is 2.77 bits per heavy atom. The summed E-state index contributed by atoms with van der Waals surface area (Å²) in [5.74, 6) is -1.60. The van der Waals surface area contributed by atoms with Gasteiger partial charge < -0.3 is 19.7 Å². The van der Waals surface area contributed by atoms with Crippen LogP contribution in [0.4, 0.5) is 5.00 Å². The second kappa shape index (κ2) is 7.33. The highest BCUT2D eigenvalue weighted by atomic mass is 32.1. The van der Waals surface area contributed by atoms with Crippen molar-refractivity contribution in [3.8, 4) is 0 Å².